The molecule has 0 atom stereocenters. The second-order valence-corrected chi connectivity index (χ2v) is 10.7. The Bertz CT molecular complexity index is 1710. The fraction of sp³-hybridized carbons (Fsp3) is 0.238. The topological polar surface area (TPSA) is 54.2 Å². The van der Waals surface area contributed by atoms with Crippen LogP contribution in [0.5, 0.6) is 0 Å². The molecule has 5 nitrogen and oxygen atoms in total. The van der Waals surface area contributed by atoms with Crippen LogP contribution in [0, 0.1) is 6.92 Å². The minimum atomic E-state index is 0.156. The molecule has 0 bridgehead atoms. The van der Waals surface area contributed by atoms with Gasteiger partial charge >= 0.3 is 0 Å². The van der Waals surface area contributed by atoms with Gasteiger partial charge in [0.05, 0.1) is 24.0 Å². The van der Waals surface area contributed by atoms with Gasteiger partial charge in [-0.05, 0) is 61.7 Å². The van der Waals surface area contributed by atoms with Crippen molar-refractivity contribution in [3.8, 4) is 11.1 Å². The first-order valence-corrected chi connectivity index (χ1v) is 17.5. The van der Waals surface area contributed by atoms with Gasteiger partial charge in [-0.2, -0.15) is 13.5 Å². The summed E-state index contributed by atoms with van der Waals surface area (Å²) in [5.41, 5.74) is 8.53. The summed E-state index contributed by atoms with van der Waals surface area (Å²) < 4.78 is 15.0. The number of aromatic nitrogens is 3. The van der Waals surface area contributed by atoms with Gasteiger partial charge in [-0.1, -0.05) is 136 Å². The Balaban J connectivity index is 0.000000524. The molecule has 0 fully saturated rings. The van der Waals surface area contributed by atoms with Crippen molar-refractivity contribution < 1.29 is 3.89 Å². The van der Waals surface area contributed by atoms with Crippen molar-refractivity contribution in [2.75, 3.05) is 12.4 Å². The second kappa shape index (κ2) is 25.3. The second-order valence-electron chi connectivity index (χ2n) is 10.1. The number of hydrogen-bond donors (Lipinski definition) is 2. The van der Waals surface area contributed by atoms with Gasteiger partial charge in [0.15, 0.2) is 5.65 Å². The van der Waals surface area contributed by atoms with E-state index in [1.165, 1.54) is 28.5 Å². The first-order chi connectivity index (χ1) is 24.0. The molecule has 0 unspecified atom stereocenters. The fourth-order valence-electron chi connectivity index (χ4n) is 4.44. The number of benzene rings is 3. The van der Waals surface area contributed by atoms with Gasteiger partial charge in [-0.25, -0.2) is 4.98 Å². The number of allylic oxidation sites excluding steroid dienone is 5. The van der Waals surface area contributed by atoms with Crippen molar-refractivity contribution in [3.05, 3.63) is 157 Å². The molecular weight excluding hydrogens is 626 g/mol. The van der Waals surface area contributed by atoms with Gasteiger partial charge in [-0.15, -0.1) is 13.2 Å². The summed E-state index contributed by atoms with van der Waals surface area (Å²) in [4.78, 5) is 4.99. The summed E-state index contributed by atoms with van der Waals surface area (Å²) in [6, 6.07) is 29.3. The maximum Gasteiger partial charge on any atom is 0.174 e. The number of halogens is 1. The van der Waals surface area contributed by atoms with Crippen LogP contribution in [0.2, 0.25) is 0 Å². The molecule has 5 aromatic rings. The number of rotatable bonds is 10. The molecule has 2 N–H and O–H groups in total. The quantitative estimate of drug-likeness (QED) is 0.114. The number of nitrogens with zero attached hydrogens (tertiary/aromatic N) is 3. The van der Waals surface area contributed by atoms with Crippen LogP contribution in [-0.4, -0.2) is 21.6 Å². The first-order valence-electron chi connectivity index (χ1n) is 16.7. The molecule has 0 saturated carbocycles. The van der Waals surface area contributed by atoms with Crippen LogP contribution in [0.1, 0.15) is 63.9 Å². The molecule has 5 rings (SSSR count). The standard InChI is InChI=1S/C23H26FN5S.C13H12.2C2H6.C2H4/c1-4-5-6-8-17(2)11-20-13-22(29-23(28-20)21(30-24)16-27-29)26-15-19-10-7-9-18(12-19)14-25-3;1-11-7-9-13(10-8-11)12-5-3-2-4-6-12;3*1-2/h4-13,16,25-26H,14-15H2,1-3H3;2-10H,1H3;2*1-2H3;1-2H2/b5-4-,8-6-,17-11+;;;;. The van der Waals surface area contributed by atoms with Crippen LogP contribution in [0.4, 0.5) is 9.70 Å². The minimum Gasteiger partial charge on any atom is -0.366 e. The van der Waals surface area contributed by atoms with Crippen molar-refractivity contribution in [1.29, 1.82) is 0 Å². The summed E-state index contributed by atoms with van der Waals surface area (Å²) in [6.45, 7) is 21.5. The molecule has 0 aliphatic carbocycles. The van der Waals surface area contributed by atoms with Gasteiger partial charge in [0.2, 0.25) is 0 Å². The zero-order valence-electron chi connectivity index (χ0n) is 30.5. The van der Waals surface area contributed by atoms with Gasteiger partial charge < -0.3 is 10.6 Å². The molecular formula is C42H54FN5S. The van der Waals surface area contributed by atoms with E-state index in [1.807, 2.05) is 97.2 Å². The number of aryl methyl sites for hydroxylation is 1. The highest BCUT2D eigenvalue weighted by Gasteiger charge is 2.12. The van der Waals surface area contributed by atoms with Crippen molar-refractivity contribution in [1.82, 2.24) is 19.9 Å². The van der Waals surface area contributed by atoms with Crippen LogP contribution in [0.25, 0.3) is 22.9 Å². The lowest BCUT2D eigenvalue weighted by molar-refractivity contribution is 0.816. The average molecular weight is 680 g/mol. The summed E-state index contributed by atoms with van der Waals surface area (Å²) in [6.07, 6.45) is 11.4. The SMILES string of the molecule is C=C.CC.CC.C\C=C/C=C\C(C)=C\c1cc(NCc2cccc(CNC)c2)n2ncc(SF)c2n1.Cc1ccc(-c2ccccc2)cc1. The molecule has 260 valence electrons. The lowest BCUT2D eigenvalue weighted by atomic mass is 10.0. The van der Waals surface area contributed by atoms with Crippen LogP contribution in [-0.2, 0) is 13.1 Å². The molecule has 0 radical (unpaired) electrons. The Kier molecular flexibility index (Phi) is 21.9. The van der Waals surface area contributed by atoms with Crippen LogP contribution in [0.3, 0.4) is 0 Å². The highest BCUT2D eigenvalue weighted by atomic mass is 32.2. The summed E-state index contributed by atoms with van der Waals surface area (Å²) in [5, 5.41) is 10.9. The third kappa shape index (κ3) is 14.5. The van der Waals surface area contributed by atoms with Crippen molar-refractivity contribution in [2.45, 2.75) is 66.5 Å². The monoisotopic (exact) mass is 679 g/mol. The van der Waals surface area contributed by atoms with E-state index in [0.717, 1.165) is 29.2 Å². The molecule has 0 amide bonds. The van der Waals surface area contributed by atoms with E-state index in [0.29, 0.717) is 17.1 Å². The van der Waals surface area contributed by atoms with Gasteiger partial charge in [0.1, 0.15) is 10.7 Å². The highest BCUT2D eigenvalue weighted by molar-refractivity contribution is 7.94. The Morgan fingerprint density at radius 1 is 0.857 bits per heavy atom. The predicted octanol–water partition coefficient (Wildman–Crippen LogP) is 12.1. The Morgan fingerprint density at radius 2 is 1.49 bits per heavy atom. The fourth-order valence-corrected chi connectivity index (χ4v) is 4.73. The van der Waals surface area contributed by atoms with Gasteiger partial charge in [-0.3, -0.25) is 0 Å². The maximum atomic E-state index is 13.4. The summed E-state index contributed by atoms with van der Waals surface area (Å²) >= 11 is 0.156. The van der Waals surface area contributed by atoms with Gasteiger partial charge in [0, 0.05) is 19.2 Å². The Morgan fingerprint density at radius 3 is 2.10 bits per heavy atom. The molecule has 3 aromatic carbocycles. The van der Waals surface area contributed by atoms with E-state index in [-0.39, 0.29) is 12.1 Å². The zero-order valence-corrected chi connectivity index (χ0v) is 31.3. The lowest BCUT2D eigenvalue weighted by Crippen LogP contribution is -2.08. The van der Waals surface area contributed by atoms with E-state index >= 15 is 0 Å². The molecule has 0 aliphatic rings. The van der Waals surface area contributed by atoms with Crippen molar-refractivity contribution >= 4 is 29.7 Å². The van der Waals surface area contributed by atoms with Crippen molar-refractivity contribution in [3.63, 3.8) is 0 Å². The smallest absolute Gasteiger partial charge is 0.174 e. The number of hydrogen-bond acceptors (Lipinski definition) is 5. The Labute approximate surface area is 299 Å². The lowest BCUT2D eigenvalue weighted by Gasteiger charge is -2.11. The molecule has 7 heteroatoms. The number of nitrogens with one attached hydrogen (secondary N) is 2. The largest absolute Gasteiger partial charge is 0.366 e. The molecule has 0 spiro atoms. The molecule has 2 aromatic heterocycles. The van der Waals surface area contributed by atoms with E-state index in [2.05, 4.69) is 108 Å². The molecule has 49 heavy (non-hydrogen) atoms. The van der Waals surface area contributed by atoms with E-state index < -0.39 is 0 Å². The predicted molar refractivity (Wildman–Crippen MR) is 215 cm³/mol. The van der Waals surface area contributed by atoms with E-state index in [4.69, 9.17) is 0 Å². The average Bonchev–Trinajstić information content (AvgIpc) is 3.58. The third-order valence-electron chi connectivity index (χ3n) is 6.59. The Hall–Kier alpha value is -4.72. The maximum absolute atomic E-state index is 13.4. The number of anilines is 1. The third-order valence-corrected chi connectivity index (χ3v) is 7.04. The van der Waals surface area contributed by atoms with E-state index in [1.54, 1.807) is 4.52 Å². The summed E-state index contributed by atoms with van der Waals surface area (Å²) in [5.74, 6) is 0.760. The van der Waals surface area contributed by atoms with Gasteiger partial charge in [0.25, 0.3) is 0 Å². The highest BCUT2D eigenvalue weighted by Crippen LogP contribution is 2.26. The summed E-state index contributed by atoms with van der Waals surface area (Å²) in [7, 11) is 1.93. The van der Waals surface area contributed by atoms with Crippen LogP contribution >= 0.6 is 12.1 Å². The molecule has 0 saturated heterocycles. The number of fused-ring (bicyclic) bond motifs is 1. The van der Waals surface area contributed by atoms with Crippen molar-refractivity contribution in [2.24, 2.45) is 0 Å². The van der Waals surface area contributed by atoms with Crippen LogP contribution in [0.15, 0.2) is 139 Å². The zero-order chi connectivity index (χ0) is 36.4. The normalized spacial score (nSPS) is 10.6. The molecule has 0 aliphatic heterocycles. The molecule has 2 heterocycles. The minimum absolute atomic E-state index is 0.156. The first kappa shape index (κ1) is 42.3. The van der Waals surface area contributed by atoms with E-state index in [9.17, 15) is 3.89 Å². The van der Waals surface area contributed by atoms with Crippen LogP contribution < -0.4 is 10.6 Å².